The Balaban J connectivity index is 0.00000132. The highest BCUT2D eigenvalue weighted by molar-refractivity contribution is 8.00. The monoisotopic (exact) mass is 903 g/mol. The van der Waals surface area contributed by atoms with Crippen LogP contribution in [0.3, 0.4) is 0 Å². The molecule has 0 saturated heterocycles. The van der Waals surface area contributed by atoms with Gasteiger partial charge in [0, 0.05) is 37.2 Å². The number of nitrogens with one attached hydrogen (secondary N) is 2. The molecule has 0 spiro atoms. The summed E-state index contributed by atoms with van der Waals surface area (Å²) in [6.07, 6.45) is 0.791. The van der Waals surface area contributed by atoms with E-state index in [4.69, 9.17) is 24.3 Å². The number of carbonyl (C=O) groups excluding carboxylic acids is 6. The summed E-state index contributed by atoms with van der Waals surface area (Å²) in [4.78, 5) is 72.7. The van der Waals surface area contributed by atoms with Crippen LogP contribution in [-0.2, 0) is 33.5 Å². The zero-order valence-corrected chi connectivity index (χ0v) is 37.5. The minimum Gasteiger partial charge on any atom is -0.368 e. The Kier molecular flexibility index (Phi) is 27.3. The van der Waals surface area contributed by atoms with Gasteiger partial charge in [0.15, 0.2) is 5.78 Å². The number of Topliss-reactive ketones (excluding diaryl/α,β-unsaturated/α-hetero) is 2. The van der Waals surface area contributed by atoms with Crippen LogP contribution >= 0.6 is 49.6 Å². The third-order valence-electron chi connectivity index (χ3n) is 9.27. The Morgan fingerprint density at radius 3 is 1.37 bits per heavy atom. The second kappa shape index (κ2) is 30.3. The Labute approximate surface area is 378 Å². The summed E-state index contributed by atoms with van der Waals surface area (Å²) in [5, 5.41) is 5.19. The average molecular weight is 904 g/mol. The van der Waals surface area contributed by atoms with E-state index in [-0.39, 0.29) is 55.0 Å². The number of primary amides is 2. The van der Waals surface area contributed by atoms with E-state index in [1.54, 1.807) is 25.6 Å². The fraction of sp³-hybridized carbons (Fsp3) is 0.455. The third kappa shape index (κ3) is 17.3. The van der Waals surface area contributed by atoms with Crippen molar-refractivity contribution in [2.75, 3.05) is 23.0 Å². The van der Waals surface area contributed by atoms with Gasteiger partial charge in [-0.3, -0.25) is 28.8 Å². The van der Waals surface area contributed by atoms with E-state index >= 15 is 0 Å². The summed E-state index contributed by atoms with van der Waals surface area (Å²) in [5.74, 6) is -3.15. The summed E-state index contributed by atoms with van der Waals surface area (Å²) in [6.45, 7) is 5.92. The van der Waals surface area contributed by atoms with Gasteiger partial charge in [-0.1, -0.05) is 126 Å². The molecule has 0 aliphatic rings. The van der Waals surface area contributed by atoms with Crippen LogP contribution in [0.25, 0.3) is 0 Å². The van der Waals surface area contributed by atoms with Gasteiger partial charge in [-0.05, 0) is 29.5 Å². The first-order valence-corrected chi connectivity index (χ1v) is 22.2. The number of ketones is 2. The molecule has 0 aromatic heterocycles. The van der Waals surface area contributed by atoms with E-state index in [1.165, 1.54) is 0 Å². The van der Waals surface area contributed by atoms with Gasteiger partial charge in [-0.15, -0.1) is 11.8 Å². The number of rotatable bonds is 23. The van der Waals surface area contributed by atoms with Crippen molar-refractivity contribution in [1.82, 2.24) is 10.6 Å². The Morgan fingerprint density at radius 1 is 0.633 bits per heavy atom. The zero-order chi connectivity index (χ0) is 45.3. The van der Waals surface area contributed by atoms with Gasteiger partial charge in [0.25, 0.3) is 0 Å². The molecular weight excluding hydrogens is 837 g/mol. The van der Waals surface area contributed by atoms with Crippen LogP contribution in [0.4, 0.5) is 0 Å². The Morgan fingerprint density at radius 2 is 1.02 bits per heavy atom. The van der Waals surface area contributed by atoms with Crippen molar-refractivity contribution in [2.24, 2.45) is 34.8 Å². The Bertz CT molecular complexity index is 1670. The molecule has 0 aliphatic carbocycles. The van der Waals surface area contributed by atoms with E-state index in [9.17, 15) is 28.8 Å². The molecule has 0 aliphatic heterocycles. The quantitative estimate of drug-likeness (QED) is 0.0473. The highest BCUT2D eigenvalue weighted by Gasteiger charge is 2.39. The summed E-state index contributed by atoms with van der Waals surface area (Å²) >= 11 is 13.5. The van der Waals surface area contributed by atoms with Gasteiger partial charge in [0.05, 0.1) is 28.7 Å². The van der Waals surface area contributed by atoms with Crippen molar-refractivity contribution in [2.45, 2.75) is 89.7 Å². The largest absolute Gasteiger partial charge is 0.368 e. The molecule has 10 N–H and O–H groups in total. The zero-order valence-electron chi connectivity index (χ0n) is 35.0. The van der Waals surface area contributed by atoms with Crippen LogP contribution in [0.2, 0.25) is 0 Å². The second-order valence-electron chi connectivity index (χ2n) is 13.3. The van der Waals surface area contributed by atoms with Gasteiger partial charge < -0.3 is 33.6 Å². The van der Waals surface area contributed by atoms with E-state index in [0.29, 0.717) is 25.5 Å². The number of carbonyl (C=O) groups is 6. The Hall–Kier alpha value is -3.80. The first-order valence-electron chi connectivity index (χ1n) is 20.0. The second-order valence-corrected chi connectivity index (χ2v) is 15.7. The molecular formula is C44H66N6O6S4. The SMILES string of the molecule is C.CC[C@@H](N)C(=O)C[C@H](CSC(c1ccccc1)(c1ccccc1)c1ccccc1)C(=O)N[C@H](CC)C(N)=O.NC(=O)[C@@H](CS)NC(=O)[C@@H](CS)CC(=O)[C@H](N)CS.[2H]CC. The molecule has 3 aromatic rings. The molecule has 6 atom stereocenters. The predicted molar refractivity (Wildman–Crippen MR) is 256 cm³/mol. The predicted octanol–water partition coefficient (Wildman–Crippen LogP) is 4.72. The number of thioether (sulfide) groups is 1. The molecule has 4 amide bonds. The van der Waals surface area contributed by atoms with Crippen LogP contribution in [0.5, 0.6) is 0 Å². The molecule has 3 aromatic carbocycles. The lowest BCUT2D eigenvalue weighted by Crippen LogP contribution is -2.48. The molecule has 60 heavy (non-hydrogen) atoms. The number of thiol groups is 3. The number of benzene rings is 3. The molecule has 3 rings (SSSR count). The van der Waals surface area contributed by atoms with Crippen molar-refractivity contribution in [3.8, 4) is 0 Å². The lowest BCUT2D eigenvalue weighted by molar-refractivity contribution is -0.131. The normalized spacial score (nSPS) is 13.9. The van der Waals surface area contributed by atoms with Crippen molar-refractivity contribution in [1.29, 1.82) is 0 Å². The van der Waals surface area contributed by atoms with Crippen molar-refractivity contribution < 1.29 is 30.1 Å². The molecule has 12 nitrogen and oxygen atoms in total. The first kappa shape index (κ1) is 54.2. The van der Waals surface area contributed by atoms with E-state index in [2.05, 4.69) is 84.9 Å². The van der Waals surface area contributed by atoms with E-state index in [1.807, 2.05) is 61.5 Å². The molecule has 0 heterocycles. The maximum absolute atomic E-state index is 13.5. The van der Waals surface area contributed by atoms with Gasteiger partial charge in [-0.25, -0.2) is 0 Å². The summed E-state index contributed by atoms with van der Waals surface area (Å²) in [7, 11) is 0. The minimum atomic E-state index is -0.869. The lowest BCUT2D eigenvalue weighted by atomic mass is 9.84. The number of nitrogens with two attached hydrogens (primary N) is 4. The highest BCUT2D eigenvalue weighted by atomic mass is 32.2. The average Bonchev–Trinajstić information content (AvgIpc) is 3.26. The fourth-order valence-electron chi connectivity index (χ4n) is 5.74. The van der Waals surface area contributed by atoms with Crippen LogP contribution in [0.15, 0.2) is 91.0 Å². The van der Waals surface area contributed by atoms with Crippen LogP contribution in [0, 0.1) is 11.8 Å². The van der Waals surface area contributed by atoms with Gasteiger partial charge >= 0.3 is 0 Å². The van der Waals surface area contributed by atoms with Gasteiger partial charge in [0.2, 0.25) is 23.6 Å². The van der Waals surface area contributed by atoms with Gasteiger partial charge in [-0.2, -0.15) is 37.9 Å². The van der Waals surface area contributed by atoms with Crippen molar-refractivity contribution >= 4 is 84.8 Å². The topological polar surface area (TPSA) is 231 Å². The smallest absolute Gasteiger partial charge is 0.240 e. The maximum Gasteiger partial charge on any atom is 0.240 e. The third-order valence-corrected chi connectivity index (χ3v) is 12.2. The summed E-state index contributed by atoms with van der Waals surface area (Å²) in [6, 6.07) is 27.4. The lowest BCUT2D eigenvalue weighted by Gasteiger charge is -2.36. The molecule has 0 fully saturated rings. The summed E-state index contributed by atoms with van der Waals surface area (Å²) < 4.78 is 5.56. The maximum atomic E-state index is 13.5. The number of hydrogen-bond donors (Lipinski definition) is 9. The molecule has 16 heteroatoms. The molecule has 0 bridgehead atoms. The molecule has 0 radical (unpaired) electrons. The number of hydrogen-bond acceptors (Lipinski definition) is 12. The van der Waals surface area contributed by atoms with Gasteiger partial charge in [0.1, 0.15) is 17.9 Å². The highest BCUT2D eigenvalue weighted by Crippen LogP contribution is 2.49. The summed E-state index contributed by atoms with van der Waals surface area (Å²) in [5.41, 5.74) is 25.3. The van der Waals surface area contributed by atoms with E-state index in [0.717, 1.165) is 16.7 Å². The van der Waals surface area contributed by atoms with Crippen LogP contribution in [0.1, 0.15) is 78.8 Å². The molecule has 332 valence electrons. The number of amides is 4. The first-order chi connectivity index (χ1) is 28.6. The molecule has 0 unspecified atom stereocenters. The molecule has 0 saturated carbocycles. The van der Waals surface area contributed by atoms with E-state index < -0.39 is 58.5 Å². The minimum absolute atomic E-state index is 0. The fourth-order valence-corrected chi connectivity index (χ4v) is 8.14. The van der Waals surface area contributed by atoms with Crippen molar-refractivity contribution in [3.05, 3.63) is 108 Å². The van der Waals surface area contributed by atoms with Crippen molar-refractivity contribution in [3.63, 3.8) is 0 Å². The van der Waals surface area contributed by atoms with Crippen LogP contribution < -0.4 is 33.6 Å². The standard InChI is InChI=1S/C31H37N3O3S.C10H19N3O3S3.C2H6.CH4/c1-3-26(32)28(35)20-22(30(37)34-27(4-2)29(33)36)21-38-31(23-14-8-5-9-15-23,24-16-10-6-11-17-24)25-18-12-7-13-19-25;11-6(3-18)8(14)1-5(2-17)10(16)13-7(4-19)9(12)15;1-2;/h5-19,22,26-27H,3-4,20-21,32H2,1-2H3,(H2,33,36)(H,34,37);5-7,17-19H,1-4,11H2,(H2,12,15)(H,13,16);1-2H3;1H4/t22-,26-,27-;5-,6-,7-;;/m11../s1/i;;1D;. The van der Waals surface area contributed by atoms with Crippen LogP contribution in [-0.4, -0.2) is 82.4 Å².